The van der Waals surface area contributed by atoms with Crippen molar-refractivity contribution in [1.82, 2.24) is 10.2 Å². The van der Waals surface area contributed by atoms with Gasteiger partial charge in [-0.25, -0.2) is 0 Å². The summed E-state index contributed by atoms with van der Waals surface area (Å²) >= 11 is 0. The van der Waals surface area contributed by atoms with Crippen LogP contribution in [0.2, 0.25) is 0 Å². The lowest BCUT2D eigenvalue weighted by Gasteiger charge is -2.29. The van der Waals surface area contributed by atoms with Gasteiger partial charge in [0.25, 0.3) is 5.69 Å². The van der Waals surface area contributed by atoms with Crippen molar-refractivity contribution in [3.63, 3.8) is 0 Å². The topological polar surface area (TPSA) is 143 Å². The van der Waals surface area contributed by atoms with E-state index in [1.165, 1.54) is 6.07 Å². The number of nitriles is 1. The summed E-state index contributed by atoms with van der Waals surface area (Å²) < 4.78 is 11.0. The zero-order valence-electron chi connectivity index (χ0n) is 18.4. The minimum absolute atomic E-state index is 0.0383. The average Bonchev–Trinajstić information content (AvgIpc) is 3.27. The summed E-state index contributed by atoms with van der Waals surface area (Å²) in [4.78, 5) is 13.6. The first-order valence-corrected chi connectivity index (χ1v) is 10.8. The fraction of sp³-hybridized carbons (Fsp3) is 0.250. The molecule has 3 heterocycles. The number of anilines is 1. The van der Waals surface area contributed by atoms with Crippen LogP contribution in [0.15, 0.2) is 53.9 Å². The third-order valence-electron chi connectivity index (χ3n) is 6.16. The van der Waals surface area contributed by atoms with E-state index in [4.69, 9.17) is 15.2 Å². The lowest BCUT2D eigenvalue weighted by molar-refractivity contribution is -0.384. The molecule has 3 N–H and O–H groups in total. The van der Waals surface area contributed by atoms with E-state index in [2.05, 4.69) is 16.3 Å². The van der Waals surface area contributed by atoms with Gasteiger partial charge in [-0.2, -0.15) is 5.26 Å². The van der Waals surface area contributed by atoms with Crippen LogP contribution in [0, 0.1) is 28.4 Å². The van der Waals surface area contributed by atoms with Crippen LogP contribution < -0.4 is 15.4 Å². The predicted molar refractivity (Wildman–Crippen MR) is 124 cm³/mol. The van der Waals surface area contributed by atoms with Gasteiger partial charge in [0.1, 0.15) is 17.3 Å². The minimum atomic E-state index is -0.679. The smallest absolute Gasteiger partial charge is 0.292 e. The number of nitro groups is 1. The standard InChI is InChI=1S/C24H22N6O4/c1-14-2-4-15(5-3-14)22-21-20(17(13-25)23(26)34-24(21)28-27-22)16-6-7-18(19(12-16)30(31)32)29-8-10-33-11-9-29/h2-7,12,20H,8-11,26H2,1H3,(H,27,28)/t20-/m0/s1. The molecule has 2 aliphatic rings. The van der Waals surface area contributed by atoms with Gasteiger partial charge >= 0.3 is 0 Å². The number of aromatic nitrogens is 2. The molecule has 0 unspecified atom stereocenters. The molecule has 0 radical (unpaired) electrons. The number of nitro benzene ring substituents is 1. The van der Waals surface area contributed by atoms with E-state index in [-0.39, 0.29) is 23.0 Å². The summed E-state index contributed by atoms with van der Waals surface area (Å²) in [7, 11) is 0. The van der Waals surface area contributed by atoms with Crippen LogP contribution >= 0.6 is 0 Å². The number of nitrogens with two attached hydrogens (primary N) is 1. The van der Waals surface area contributed by atoms with Crippen LogP contribution in [0.3, 0.4) is 0 Å². The Labute approximate surface area is 195 Å². The molecule has 172 valence electrons. The number of ether oxygens (including phenoxy) is 2. The lowest BCUT2D eigenvalue weighted by Crippen LogP contribution is -2.36. The van der Waals surface area contributed by atoms with Crippen molar-refractivity contribution in [2.24, 2.45) is 5.73 Å². The number of benzene rings is 2. The van der Waals surface area contributed by atoms with Crippen LogP contribution in [-0.2, 0) is 4.74 Å². The SMILES string of the molecule is Cc1ccc(-c2[nH]nc3c2[C@@H](c2ccc(N4CCOCC4)c([N+](=O)[O-])c2)C(C#N)=C(N)O3)cc1. The van der Waals surface area contributed by atoms with Crippen molar-refractivity contribution in [3.8, 4) is 23.2 Å². The molecule has 0 amide bonds. The van der Waals surface area contributed by atoms with Gasteiger partial charge in [-0.1, -0.05) is 35.9 Å². The number of rotatable bonds is 4. The fourth-order valence-corrected chi connectivity index (χ4v) is 4.46. The number of hydrogen-bond donors (Lipinski definition) is 2. The molecule has 34 heavy (non-hydrogen) atoms. The normalized spacial score (nSPS) is 17.6. The maximum absolute atomic E-state index is 12.0. The second kappa shape index (κ2) is 8.53. The predicted octanol–water partition coefficient (Wildman–Crippen LogP) is 3.35. The van der Waals surface area contributed by atoms with Gasteiger partial charge < -0.3 is 20.1 Å². The number of fused-ring (bicyclic) bond motifs is 1. The molecule has 10 heteroatoms. The second-order valence-corrected chi connectivity index (χ2v) is 8.21. The zero-order chi connectivity index (χ0) is 23.8. The second-order valence-electron chi connectivity index (χ2n) is 8.21. The fourth-order valence-electron chi connectivity index (χ4n) is 4.46. The minimum Gasteiger partial charge on any atom is -0.420 e. The molecule has 3 aromatic rings. The van der Waals surface area contributed by atoms with Crippen molar-refractivity contribution in [1.29, 1.82) is 5.26 Å². The Morgan fingerprint density at radius 1 is 1.24 bits per heavy atom. The van der Waals surface area contributed by atoms with Crippen LogP contribution in [-0.4, -0.2) is 41.4 Å². The first kappa shape index (κ1) is 21.5. The van der Waals surface area contributed by atoms with Crippen molar-refractivity contribution < 1.29 is 14.4 Å². The molecule has 1 saturated heterocycles. The Morgan fingerprint density at radius 3 is 2.65 bits per heavy atom. The summed E-state index contributed by atoms with van der Waals surface area (Å²) in [6.45, 7) is 4.14. The Morgan fingerprint density at radius 2 is 1.97 bits per heavy atom. The van der Waals surface area contributed by atoms with E-state index >= 15 is 0 Å². The van der Waals surface area contributed by atoms with Crippen molar-refractivity contribution >= 4 is 11.4 Å². The molecule has 1 fully saturated rings. The molecule has 0 aliphatic carbocycles. The Balaban J connectivity index is 1.67. The molecule has 2 aliphatic heterocycles. The van der Waals surface area contributed by atoms with Gasteiger partial charge in [0.05, 0.1) is 35.3 Å². The number of morpholine rings is 1. The summed E-state index contributed by atoms with van der Waals surface area (Å²) in [5.41, 5.74) is 10.5. The molecule has 0 bridgehead atoms. The highest BCUT2D eigenvalue weighted by Crippen LogP contribution is 2.47. The Kier molecular flexibility index (Phi) is 5.39. The lowest BCUT2D eigenvalue weighted by atomic mass is 9.82. The van der Waals surface area contributed by atoms with Crippen LogP contribution in [0.5, 0.6) is 5.88 Å². The van der Waals surface area contributed by atoms with E-state index < -0.39 is 10.8 Å². The van der Waals surface area contributed by atoms with Crippen molar-refractivity contribution in [2.45, 2.75) is 12.8 Å². The van der Waals surface area contributed by atoms with Crippen LogP contribution in [0.25, 0.3) is 11.3 Å². The van der Waals surface area contributed by atoms with Gasteiger partial charge in [0.15, 0.2) is 0 Å². The van der Waals surface area contributed by atoms with Gasteiger partial charge in [-0.15, -0.1) is 5.10 Å². The summed E-state index contributed by atoms with van der Waals surface area (Å²) in [5, 5.41) is 29.2. The number of aromatic amines is 1. The number of aryl methyl sites for hydroxylation is 1. The molecule has 1 atom stereocenters. The van der Waals surface area contributed by atoms with Gasteiger partial charge in [-0.05, 0) is 18.6 Å². The van der Waals surface area contributed by atoms with Gasteiger partial charge in [-0.3, -0.25) is 15.2 Å². The number of allylic oxidation sites excluding steroid dienone is 1. The summed E-state index contributed by atoms with van der Waals surface area (Å²) in [5.74, 6) is -0.500. The number of nitrogens with one attached hydrogen (secondary N) is 1. The summed E-state index contributed by atoms with van der Waals surface area (Å²) in [6, 6.07) is 15.0. The van der Waals surface area contributed by atoms with Crippen molar-refractivity contribution in [2.75, 3.05) is 31.2 Å². The number of H-pyrrole nitrogens is 1. The molecular formula is C24H22N6O4. The zero-order valence-corrected chi connectivity index (χ0v) is 18.4. The largest absolute Gasteiger partial charge is 0.420 e. The Hall–Kier alpha value is -4.36. The third kappa shape index (κ3) is 3.62. The molecule has 2 aromatic carbocycles. The van der Waals surface area contributed by atoms with Crippen LogP contribution in [0.4, 0.5) is 11.4 Å². The van der Waals surface area contributed by atoms with E-state index in [0.29, 0.717) is 48.8 Å². The van der Waals surface area contributed by atoms with E-state index in [0.717, 1.165) is 11.1 Å². The van der Waals surface area contributed by atoms with Gasteiger partial charge in [0.2, 0.25) is 11.8 Å². The highest BCUT2D eigenvalue weighted by Gasteiger charge is 2.37. The molecule has 10 nitrogen and oxygen atoms in total. The van der Waals surface area contributed by atoms with E-state index in [9.17, 15) is 15.4 Å². The number of nitrogens with zero attached hydrogens (tertiary/aromatic N) is 4. The summed E-state index contributed by atoms with van der Waals surface area (Å²) in [6.07, 6.45) is 0. The first-order chi connectivity index (χ1) is 16.5. The first-order valence-electron chi connectivity index (χ1n) is 10.8. The molecule has 5 rings (SSSR count). The molecule has 1 aromatic heterocycles. The highest BCUT2D eigenvalue weighted by molar-refractivity contribution is 5.73. The third-order valence-corrected chi connectivity index (χ3v) is 6.16. The number of hydrogen-bond acceptors (Lipinski definition) is 8. The van der Waals surface area contributed by atoms with E-state index in [1.807, 2.05) is 36.1 Å². The molecule has 0 spiro atoms. The maximum Gasteiger partial charge on any atom is 0.292 e. The Bertz CT molecular complexity index is 1330. The highest BCUT2D eigenvalue weighted by atomic mass is 16.6. The molecular weight excluding hydrogens is 436 g/mol. The molecule has 0 saturated carbocycles. The van der Waals surface area contributed by atoms with Crippen molar-refractivity contribution in [3.05, 3.63) is 80.7 Å². The van der Waals surface area contributed by atoms with Crippen LogP contribution in [0.1, 0.15) is 22.6 Å². The maximum atomic E-state index is 12.0. The monoisotopic (exact) mass is 458 g/mol. The van der Waals surface area contributed by atoms with E-state index in [1.54, 1.807) is 12.1 Å². The van der Waals surface area contributed by atoms with Gasteiger partial charge in [0, 0.05) is 24.7 Å². The quantitative estimate of drug-likeness (QED) is 0.447. The average molecular weight is 458 g/mol.